The molecule has 0 saturated carbocycles. The van der Waals surface area contributed by atoms with Crippen LogP contribution in [0.4, 0.5) is 0 Å². The van der Waals surface area contributed by atoms with Crippen molar-refractivity contribution < 1.29 is 0 Å². The largest absolute Gasteiger partial charge is 0.107 e. The third-order valence-corrected chi connectivity index (χ3v) is 2.07. The Morgan fingerprint density at radius 2 is 1.77 bits per heavy atom. The van der Waals surface area contributed by atoms with Gasteiger partial charge in [0.1, 0.15) is 0 Å². The van der Waals surface area contributed by atoms with E-state index < -0.39 is 0 Å². The first kappa shape index (κ1) is 9.86. The highest BCUT2D eigenvalue weighted by Gasteiger charge is 1.99. The minimum Gasteiger partial charge on any atom is -0.107 e. The van der Waals surface area contributed by atoms with Crippen LogP contribution in [0, 0.1) is 17.8 Å². The lowest BCUT2D eigenvalue weighted by molar-refractivity contribution is 0.667. The van der Waals surface area contributed by atoms with Gasteiger partial charge in [0.25, 0.3) is 0 Å². The van der Waals surface area contributed by atoms with Crippen LogP contribution < -0.4 is 0 Å². The SMILES string of the molecule is CC#CCCCC1C=CC=CC=C1. The van der Waals surface area contributed by atoms with E-state index >= 15 is 0 Å². The monoisotopic (exact) mass is 172 g/mol. The molecular formula is C13H16. The van der Waals surface area contributed by atoms with Crippen molar-refractivity contribution in [3.8, 4) is 11.8 Å². The van der Waals surface area contributed by atoms with Crippen molar-refractivity contribution in [3.63, 3.8) is 0 Å². The van der Waals surface area contributed by atoms with Crippen LogP contribution in [-0.2, 0) is 0 Å². The fourth-order valence-corrected chi connectivity index (χ4v) is 1.35. The van der Waals surface area contributed by atoms with Crippen LogP contribution in [-0.4, -0.2) is 0 Å². The molecule has 0 fully saturated rings. The van der Waals surface area contributed by atoms with Crippen LogP contribution in [0.3, 0.4) is 0 Å². The van der Waals surface area contributed by atoms with Crippen molar-refractivity contribution in [1.29, 1.82) is 0 Å². The van der Waals surface area contributed by atoms with E-state index in [0.717, 1.165) is 6.42 Å². The lowest BCUT2D eigenvalue weighted by Gasteiger charge is -2.03. The Morgan fingerprint density at radius 3 is 2.38 bits per heavy atom. The van der Waals surface area contributed by atoms with Crippen molar-refractivity contribution in [2.75, 3.05) is 0 Å². The maximum atomic E-state index is 3.09. The topological polar surface area (TPSA) is 0 Å². The lowest BCUT2D eigenvalue weighted by atomic mass is 10.0. The zero-order chi connectivity index (χ0) is 9.36. The third-order valence-electron chi connectivity index (χ3n) is 2.07. The molecule has 0 bridgehead atoms. The van der Waals surface area contributed by atoms with Gasteiger partial charge in [0, 0.05) is 6.42 Å². The quantitative estimate of drug-likeness (QED) is 0.451. The summed E-state index contributed by atoms with van der Waals surface area (Å²) in [5.74, 6) is 6.61. The van der Waals surface area contributed by atoms with E-state index in [2.05, 4.69) is 48.3 Å². The molecule has 0 aromatic heterocycles. The lowest BCUT2D eigenvalue weighted by Crippen LogP contribution is -1.90. The van der Waals surface area contributed by atoms with Gasteiger partial charge in [-0.1, -0.05) is 36.5 Å². The molecule has 1 aliphatic carbocycles. The summed E-state index contributed by atoms with van der Waals surface area (Å²) in [5, 5.41) is 0. The second-order valence-electron chi connectivity index (χ2n) is 3.14. The van der Waals surface area contributed by atoms with Crippen LogP contribution in [0.15, 0.2) is 36.5 Å². The van der Waals surface area contributed by atoms with Gasteiger partial charge in [0.05, 0.1) is 0 Å². The molecule has 0 heteroatoms. The van der Waals surface area contributed by atoms with Gasteiger partial charge in [-0.05, 0) is 25.7 Å². The van der Waals surface area contributed by atoms with Gasteiger partial charge in [-0.15, -0.1) is 11.8 Å². The summed E-state index contributed by atoms with van der Waals surface area (Å²) < 4.78 is 0. The highest BCUT2D eigenvalue weighted by atomic mass is 14.0. The van der Waals surface area contributed by atoms with Crippen LogP contribution in [0.2, 0.25) is 0 Å². The molecule has 0 N–H and O–H groups in total. The standard InChI is InChI=1S/C13H16/c1-2-3-4-7-10-13-11-8-5-6-9-12-13/h5-6,8-9,11-13H,4,7,10H2,1H3. The molecule has 0 aliphatic heterocycles. The Bertz CT molecular complexity index is 252. The van der Waals surface area contributed by atoms with Crippen molar-refractivity contribution in [3.05, 3.63) is 36.5 Å². The van der Waals surface area contributed by atoms with Crippen molar-refractivity contribution in [1.82, 2.24) is 0 Å². The fraction of sp³-hybridized carbons (Fsp3) is 0.385. The number of hydrogen-bond donors (Lipinski definition) is 0. The summed E-state index contributed by atoms with van der Waals surface area (Å²) >= 11 is 0. The van der Waals surface area contributed by atoms with Crippen LogP contribution in [0.5, 0.6) is 0 Å². The Kier molecular flexibility index (Phi) is 4.79. The molecule has 0 nitrogen and oxygen atoms in total. The van der Waals surface area contributed by atoms with E-state index in [9.17, 15) is 0 Å². The average molecular weight is 172 g/mol. The zero-order valence-electron chi connectivity index (χ0n) is 8.16. The van der Waals surface area contributed by atoms with Crippen molar-refractivity contribution in [2.45, 2.75) is 26.2 Å². The first-order valence-electron chi connectivity index (χ1n) is 4.85. The van der Waals surface area contributed by atoms with Crippen LogP contribution >= 0.6 is 0 Å². The van der Waals surface area contributed by atoms with E-state index in [0.29, 0.717) is 5.92 Å². The number of unbranched alkanes of at least 4 members (excludes halogenated alkanes) is 1. The molecule has 0 saturated heterocycles. The van der Waals surface area contributed by atoms with Gasteiger partial charge in [-0.25, -0.2) is 0 Å². The first-order valence-corrected chi connectivity index (χ1v) is 4.85. The fourth-order valence-electron chi connectivity index (χ4n) is 1.35. The second-order valence-corrected chi connectivity index (χ2v) is 3.14. The maximum Gasteiger partial charge on any atom is 0.00889 e. The molecule has 1 aliphatic rings. The summed E-state index contributed by atoms with van der Waals surface area (Å²) in [5.41, 5.74) is 0. The minimum absolute atomic E-state index is 0.605. The predicted octanol–water partition coefficient (Wildman–Crippen LogP) is 3.48. The first-order chi connectivity index (χ1) is 6.43. The van der Waals surface area contributed by atoms with Crippen LogP contribution in [0.1, 0.15) is 26.2 Å². The summed E-state index contributed by atoms with van der Waals surface area (Å²) in [6.07, 6.45) is 16.3. The molecule has 0 amide bonds. The van der Waals surface area contributed by atoms with E-state index in [-0.39, 0.29) is 0 Å². The molecule has 0 radical (unpaired) electrons. The van der Waals surface area contributed by atoms with Gasteiger partial charge in [-0.2, -0.15) is 0 Å². The maximum absolute atomic E-state index is 3.09. The smallest absolute Gasteiger partial charge is 0.00889 e. The summed E-state index contributed by atoms with van der Waals surface area (Å²) in [4.78, 5) is 0. The summed E-state index contributed by atoms with van der Waals surface area (Å²) in [7, 11) is 0. The molecule has 0 heterocycles. The Hall–Kier alpha value is -1.22. The van der Waals surface area contributed by atoms with Gasteiger partial charge in [-0.3, -0.25) is 0 Å². The van der Waals surface area contributed by atoms with Gasteiger partial charge < -0.3 is 0 Å². The molecule has 0 atom stereocenters. The molecular weight excluding hydrogens is 156 g/mol. The normalized spacial score (nSPS) is 15.2. The van der Waals surface area contributed by atoms with Crippen LogP contribution in [0.25, 0.3) is 0 Å². The predicted molar refractivity (Wildman–Crippen MR) is 58.2 cm³/mol. The zero-order valence-corrected chi connectivity index (χ0v) is 8.16. The molecule has 68 valence electrons. The van der Waals surface area contributed by atoms with E-state index in [4.69, 9.17) is 0 Å². The second kappa shape index (κ2) is 6.31. The molecule has 13 heavy (non-hydrogen) atoms. The third kappa shape index (κ3) is 4.38. The number of allylic oxidation sites excluding steroid dienone is 6. The molecule has 0 spiro atoms. The highest BCUT2D eigenvalue weighted by Crippen LogP contribution is 2.13. The van der Waals surface area contributed by atoms with E-state index in [1.807, 2.05) is 6.92 Å². The van der Waals surface area contributed by atoms with Crippen molar-refractivity contribution >= 4 is 0 Å². The van der Waals surface area contributed by atoms with E-state index in [1.165, 1.54) is 12.8 Å². The molecule has 0 aromatic rings. The van der Waals surface area contributed by atoms with Gasteiger partial charge in [0.15, 0.2) is 0 Å². The minimum atomic E-state index is 0.605. The van der Waals surface area contributed by atoms with Gasteiger partial charge in [0.2, 0.25) is 0 Å². The average Bonchev–Trinajstić information content (AvgIpc) is 2.41. The Morgan fingerprint density at radius 1 is 1.08 bits per heavy atom. The molecule has 0 unspecified atom stereocenters. The van der Waals surface area contributed by atoms with Crippen molar-refractivity contribution in [2.24, 2.45) is 5.92 Å². The number of hydrogen-bond acceptors (Lipinski definition) is 0. The highest BCUT2D eigenvalue weighted by molar-refractivity contribution is 5.19. The van der Waals surface area contributed by atoms with E-state index in [1.54, 1.807) is 0 Å². The number of rotatable bonds is 3. The summed E-state index contributed by atoms with van der Waals surface area (Å²) in [6.45, 7) is 1.90. The Labute approximate surface area is 81.0 Å². The molecule has 1 rings (SSSR count). The molecule has 0 aromatic carbocycles. The summed E-state index contributed by atoms with van der Waals surface area (Å²) in [6, 6.07) is 0. The van der Waals surface area contributed by atoms with Gasteiger partial charge >= 0.3 is 0 Å². The Balaban J connectivity index is 2.24.